The third-order valence-corrected chi connectivity index (χ3v) is 3.53. The van der Waals surface area contributed by atoms with Gasteiger partial charge in [0.2, 0.25) is 5.91 Å². The van der Waals surface area contributed by atoms with Crippen LogP contribution in [0.5, 0.6) is 0 Å². The maximum absolute atomic E-state index is 12.0. The average molecular weight is 213 g/mol. The van der Waals surface area contributed by atoms with Crippen molar-refractivity contribution in [3.05, 3.63) is 0 Å². The van der Waals surface area contributed by atoms with Crippen LogP contribution in [0.25, 0.3) is 0 Å². The molecular formula is C12H23NO2. The van der Waals surface area contributed by atoms with Crippen LogP contribution in [0.4, 0.5) is 0 Å². The van der Waals surface area contributed by atoms with Crippen LogP contribution in [0.2, 0.25) is 0 Å². The first-order valence-electron chi connectivity index (χ1n) is 6.08. The highest BCUT2D eigenvalue weighted by molar-refractivity contribution is 5.79. The van der Waals surface area contributed by atoms with Crippen molar-refractivity contribution in [2.75, 3.05) is 13.7 Å². The Hall–Kier alpha value is -0.570. The zero-order chi connectivity index (χ0) is 11.3. The minimum absolute atomic E-state index is 0.0214. The average Bonchev–Trinajstić information content (AvgIpc) is 2.30. The van der Waals surface area contributed by atoms with E-state index in [1.807, 2.05) is 18.9 Å². The van der Waals surface area contributed by atoms with Crippen LogP contribution >= 0.6 is 0 Å². The molecule has 1 aliphatic carbocycles. The van der Waals surface area contributed by atoms with E-state index in [1.165, 1.54) is 19.3 Å². The molecule has 0 aromatic heterocycles. The number of hydrogen-bond donors (Lipinski definition) is 1. The summed E-state index contributed by atoms with van der Waals surface area (Å²) in [5.41, 5.74) is 0. The maximum atomic E-state index is 12.0. The molecule has 0 spiro atoms. The highest BCUT2D eigenvalue weighted by Crippen LogP contribution is 2.23. The zero-order valence-electron chi connectivity index (χ0n) is 9.91. The van der Waals surface area contributed by atoms with Crippen LogP contribution in [0.1, 0.15) is 45.4 Å². The number of amides is 1. The Morgan fingerprint density at radius 3 is 2.47 bits per heavy atom. The molecule has 1 N–H and O–H groups in total. The Morgan fingerprint density at radius 1 is 1.40 bits per heavy atom. The van der Waals surface area contributed by atoms with Crippen LogP contribution in [0.3, 0.4) is 0 Å². The maximum Gasteiger partial charge on any atom is 0.227 e. The van der Waals surface area contributed by atoms with Crippen molar-refractivity contribution in [2.45, 2.75) is 51.5 Å². The summed E-state index contributed by atoms with van der Waals surface area (Å²) in [4.78, 5) is 13.8. The standard InChI is InChI=1S/C12H23NO2/c1-3-10(9-14)12(15)13(2)11-7-5-4-6-8-11/h10-11,14H,3-9H2,1-2H3. The van der Waals surface area contributed by atoms with Gasteiger partial charge in [0.05, 0.1) is 12.5 Å². The molecule has 0 heterocycles. The molecule has 1 saturated carbocycles. The summed E-state index contributed by atoms with van der Waals surface area (Å²) in [6.45, 7) is 1.93. The van der Waals surface area contributed by atoms with Crippen molar-refractivity contribution < 1.29 is 9.90 Å². The number of nitrogens with zero attached hydrogens (tertiary/aromatic N) is 1. The lowest BCUT2D eigenvalue weighted by Crippen LogP contribution is -2.42. The Kier molecular flexibility index (Phi) is 5.09. The summed E-state index contributed by atoms with van der Waals surface area (Å²) >= 11 is 0. The minimum atomic E-state index is -0.197. The van der Waals surface area contributed by atoms with Gasteiger partial charge in [0.15, 0.2) is 0 Å². The molecule has 0 aromatic rings. The lowest BCUT2D eigenvalue weighted by molar-refractivity contribution is -0.138. The van der Waals surface area contributed by atoms with E-state index in [2.05, 4.69) is 0 Å². The van der Waals surface area contributed by atoms with Crippen LogP contribution in [-0.4, -0.2) is 35.6 Å². The molecule has 0 aliphatic heterocycles. The molecular weight excluding hydrogens is 190 g/mol. The second-order valence-electron chi connectivity index (χ2n) is 4.53. The largest absolute Gasteiger partial charge is 0.396 e. The van der Waals surface area contributed by atoms with Gasteiger partial charge < -0.3 is 10.0 Å². The fourth-order valence-corrected chi connectivity index (χ4v) is 2.32. The number of carbonyl (C=O) groups excluding carboxylic acids is 1. The van der Waals surface area contributed by atoms with Gasteiger partial charge in [-0.3, -0.25) is 4.79 Å². The van der Waals surface area contributed by atoms with Gasteiger partial charge in [0.1, 0.15) is 0 Å². The van der Waals surface area contributed by atoms with Crippen LogP contribution in [-0.2, 0) is 4.79 Å². The second kappa shape index (κ2) is 6.11. The summed E-state index contributed by atoms with van der Waals surface area (Å²) < 4.78 is 0. The number of aliphatic hydroxyl groups is 1. The molecule has 1 rings (SSSR count). The summed E-state index contributed by atoms with van der Waals surface area (Å²) in [6, 6.07) is 0.409. The van der Waals surface area contributed by atoms with Gasteiger partial charge in [0, 0.05) is 13.1 Å². The zero-order valence-corrected chi connectivity index (χ0v) is 9.91. The van der Waals surface area contributed by atoms with Crippen molar-refractivity contribution in [3.63, 3.8) is 0 Å². The topological polar surface area (TPSA) is 40.5 Å². The molecule has 88 valence electrons. The summed E-state index contributed by atoms with van der Waals surface area (Å²) in [6.07, 6.45) is 6.76. The molecule has 0 bridgehead atoms. The fraction of sp³-hybridized carbons (Fsp3) is 0.917. The van der Waals surface area contributed by atoms with E-state index < -0.39 is 0 Å². The third-order valence-electron chi connectivity index (χ3n) is 3.53. The molecule has 15 heavy (non-hydrogen) atoms. The van der Waals surface area contributed by atoms with Crippen LogP contribution in [0, 0.1) is 5.92 Å². The van der Waals surface area contributed by atoms with Crippen molar-refractivity contribution in [2.24, 2.45) is 5.92 Å². The van der Waals surface area contributed by atoms with Crippen molar-refractivity contribution >= 4 is 5.91 Å². The van der Waals surface area contributed by atoms with Crippen LogP contribution < -0.4 is 0 Å². The van der Waals surface area contributed by atoms with Crippen molar-refractivity contribution in [1.82, 2.24) is 4.90 Å². The van der Waals surface area contributed by atoms with Crippen molar-refractivity contribution in [1.29, 1.82) is 0 Å². The first-order valence-corrected chi connectivity index (χ1v) is 6.08. The van der Waals surface area contributed by atoms with E-state index in [-0.39, 0.29) is 18.4 Å². The van der Waals surface area contributed by atoms with Crippen LogP contribution in [0.15, 0.2) is 0 Å². The van der Waals surface area contributed by atoms with Gasteiger partial charge in [-0.1, -0.05) is 26.2 Å². The number of hydrogen-bond acceptors (Lipinski definition) is 2. The molecule has 1 atom stereocenters. The smallest absolute Gasteiger partial charge is 0.227 e. The Labute approximate surface area is 92.5 Å². The van der Waals surface area contributed by atoms with Gasteiger partial charge in [-0.05, 0) is 19.3 Å². The highest BCUT2D eigenvalue weighted by Gasteiger charge is 2.26. The van der Waals surface area contributed by atoms with Gasteiger partial charge in [0.25, 0.3) is 0 Å². The molecule has 1 amide bonds. The Balaban J connectivity index is 2.49. The molecule has 0 aromatic carbocycles. The van der Waals surface area contributed by atoms with E-state index in [0.717, 1.165) is 19.3 Å². The molecule has 1 aliphatic rings. The molecule has 3 nitrogen and oxygen atoms in total. The normalized spacial score (nSPS) is 19.9. The minimum Gasteiger partial charge on any atom is -0.396 e. The number of rotatable bonds is 4. The molecule has 1 unspecified atom stereocenters. The van der Waals surface area contributed by atoms with E-state index in [0.29, 0.717) is 6.04 Å². The lowest BCUT2D eigenvalue weighted by atomic mass is 9.93. The molecule has 0 saturated heterocycles. The summed E-state index contributed by atoms with van der Waals surface area (Å²) in [7, 11) is 1.89. The lowest BCUT2D eigenvalue weighted by Gasteiger charge is -2.33. The first-order chi connectivity index (χ1) is 7.20. The highest BCUT2D eigenvalue weighted by atomic mass is 16.3. The predicted octanol–water partition coefficient (Wildman–Crippen LogP) is 1.80. The SMILES string of the molecule is CCC(CO)C(=O)N(C)C1CCCCC1. The van der Waals surface area contributed by atoms with Gasteiger partial charge in [-0.15, -0.1) is 0 Å². The van der Waals surface area contributed by atoms with Gasteiger partial charge in [-0.2, -0.15) is 0 Å². The van der Waals surface area contributed by atoms with E-state index in [9.17, 15) is 4.79 Å². The molecule has 3 heteroatoms. The molecule has 0 radical (unpaired) electrons. The van der Waals surface area contributed by atoms with E-state index >= 15 is 0 Å². The summed E-state index contributed by atoms with van der Waals surface area (Å²) in [5.74, 6) is -0.0798. The number of carbonyl (C=O) groups is 1. The quantitative estimate of drug-likeness (QED) is 0.773. The van der Waals surface area contributed by atoms with E-state index in [1.54, 1.807) is 0 Å². The predicted molar refractivity (Wildman–Crippen MR) is 60.5 cm³/mol. The third kappa shape index (κ3) is 3.20. The monoisotopic (exact) mass is 213 g/mol. The Bertz CT molecular complexity index is 196. The van der Waals surface area contributed by atoms with Gasteiger partial charge >= 0.3 is 0 Å². The van der Waals surface area contributed by atoms with E-state index in [4.69, 9.17) is 5.11 Å². The fourth-order valence-electron chi connectivity index (χ4n) is 2.32. The molecule has 1 fully saturated rings. The Morgan fingerprint density at radius 2 is 2.00 bits per heavy atom. The summed E-state index contributed by atoms with van der Waals surface area (Å²) in [5, 5.41) is 9.10. The number of aliphatic hydroxyl groups excluding tert-OH is 1. The first kappa shape index (κ1) is 12.5. The van der Waals surface area contributed by atoms with Crippen molar-refractivity contribution in [3.8, 4) is 0 Å². The van der Waals surface area contributed by atoms with Gasteiger partial charge in [-0.25, -0.2) is 0 Å². The second-order valence-corrected chi connectivity index (χ2v) is 4.53.